The quantitative estimate of drug-likeness (QED) is 0.924. The summed E-state index contributed by atoms with van der Waals surface area (Å²) in [6.45, 7) is 1.17. The second-order valence-electron chi connectivity index (χ2n) is 4.05. The molecule has 0 bridgehead atoms. The summed E-state index contributed by atoms with van der Waals surface area (Å²) in [6, 6.07) is 3.24. The number of carbonyl (C=O) groups is 1. The van der Waals surface area contributed by atoms with Crippen molar-refractivity contribution in [2.45, 2.75) is 18.0 Å². The molecule has 0 saturated heterocycles. The van der Waals surface area contributed by atoms with Crippen LogP contribution in [-0.2, 0) is 20.8 Å². The summed E-state index contributed by atoms with van der Waals surface area (Å²) in [5.74, 6) is -3.26. The van der Waals surface area contributed by atoms with Crippen molar-refractivity contribution in [1.82, 2.24) is 0 Å². The van der Waals surface area contributed by atoms with Crippen molar-refractivity contribution in [2.24, 2.45) is 5.92 Å². The van der Waals surface area contributed by atoms with Crippen LogP contribution >= 0.6 is 0 Å². The summed E-state index contributed by atoms with van der Waals surface area (Å²) in [5.41, 5.74) is -1.09. The van der Waals surface area contributed by atoms with Gasteiger partial charge in [-0.05, 0) is 18.2 Å². The number of carboxylic acid groups (broad SMARTS) is 1. The molecule has 0 heterocycles. The van der Waals surface area contributed by atoms with Crippen LogP contribution < -0.4 is 0 Å². The summed E-state index contributed by atoms with van der Waals surface area (Å²) in [4.78, 5) is 10.1. The molecule has 1 unspecified atom stereocenters. The largest absolute Gasteiger partial charge is 0.481 e. The monoisotopic (exact) mass is 296 g/mol. The molecule has 0 saturated carbocycles. The molecule has 4 nitrogen and oxygen atoms in total. The van der Waals surface area contributed by atoms with Gasteiger partial charge in [0.2, 0.25) is 0 Å². The highest BCUT2D eigenvalue weighted by molar-refractivity contribution is 7.91. The van der Waals surface area contributed by atoms with Crippen LogP contribution in [0.4, 0.5) is 13.2 Å². The zero-order valence-electron chi connectivity index (χ0n) is 9.81. The summed E-state index contributed by atoms with van der Waals surface area (Å²) in [5, 5.41) is 8.63. The van der Waals surface area contributed by atoms with Crippen molar-refractivity contribution in [2.75, 3.05) is 5.75 Å². The van der Waals surface area contributed by atoms with Crippen molar-refractivity contribution in [3.05, 3.63) is 29.8 Å². The number of aliphatic carboxylic acids is 1. The van der Waals surface area contributed by atoms with Gasteiger partial charge in [0.25, 0.3) is 0 Å². The maximum atomic E-state index is 12.5. The molecule has 1 atom stereocenters. The van der Waals surface area contributed by atoms with Crippen LogP contribution in [0.1, 0.15) is 12.5 Å². The van der Waals surface area contributed by atoms with Gasteiger partial charge >= 0.3 is 12.1 Å². The Morgan fingerprint density at radius 1 is 1.37 bits per heavy atom. The molecule has 1 rings (SSSR count). The fraction of sp³-hybridized carbons (Fsp3) is 0.364. The lowest BCUT2D eigenvalue weighted by Gasteiger charge is -2.11. The van der Waals surface area contributed by atoms with Crippen LogP contribution in [0.3, 0.4) is 0 Å². The molecule has 106 valence electrons. The molecule has 0 amide bonds. The van der Waals surface area contributed by atoms with Gasteiger partial charge in [-0.25, -0.2) is 8.42 Å². The molecule has 0 aromatic heterocycles. The van der Waals surface area contributed by atoms with Crippen molar-refractivity contribution < 1.29 is 31.5 Å². The van der Waals surface area contributed by atoms with Crippen molar-refractivity contribution >= 4 is 15.8 Å². The molecule has 0 aliphatic heterocycles. The van der Waals surface area contributed by atoms with E-state index in [0.717, 1.165) is 18.2 Å². The summed E-state index contributed by atoms with van der Waals surface area (Å²) in [6.07, 6.45) is -4.65. The molecular weight excluding hydrogens is 285 g/mol. The van der Waals surface area contributed by atoms with Gasteiger partial charge in [-0.1, -0.05) is 13.0 Å². The molecular formula is C11H11F3O4S. The van der Waals surface area contributed by atoms with Crippen molar-refractivity contribution in [3.63, 3.8) is 0 Å². The minimum atomic E-state index is -4.65. The number of halogens is 3. The Balaban J connectivity index is 3.13. The van der Waals surface area contributed by atoms with E-state index in [4.69, 9.17) is 5.11 Å². The maximum absolute atomic E-state index is 12.5. The van der Waals surface area contributed by atoms with Crippen molar-refractivity contribution in [3.8, 4) is 0 Å². The minimum absolute atomic E-state index is 0.504. The zero-order valence-corrected chi connectivity index (χ0v) is 10.6. The van der Waals surface area contributed by atoms with Crippen molar-refractivity contribution in [1.29, 1.82) is 0 Å². The molecule has 1 N–H and O–H groups in total. The number of carboxylic acids is 1. The third-order valence-corrected chi connectivity index (χ3v) is 4.32. The Morgan fingerprint density at radius 2 is 1.95 bits per heavy atom. The smallest absolute Gasteiger partial charge is 0.416 e. The van der Waals surface area contributed by atoms with E-state index < -0.39 is 44.1 Å². The summed E-state index contributed by atoms with van der Waals surface area (Å²) >= 11 is 0. The van der Waals surface area contributed by atoms with E-state index in [-0.39, 0.29) is 0 Å². The molecule has 0 fully saturated rings. The van der Waals surface area contributed by atoms with Gasteiger partial charge in [0, 0.05) is 0 Å². The van der Waals surface area contributed by atoms with Crippen LogP contribution in [0, 0.1) is 5.92 Å². The number of sulfone groups is 1. The second kappa shape index (κ2) is 5.20. The highest BCUT2D eigenvalue weighted by Crippen LogP contribution is 2.30. The first-order chi connectivity index (χ1) is 8.54. The number of hydrogen-bond donors (Lipinski definition) is 1. The molecule has 0 aliphatic rings. The van der Waals surface area contributed by atoms with Gasteiger partial charge in [0.15, 0.2) is 9.84 Å². The van der Waals surface area contributed by atoms with E-state index >= 15 is 0 Å². The van der Waals surface area contributed by atoms with Gasteiger partial charge in [-0.15, -0.1) is 0 Å². The molecule has 0 spiro atoms. The van der Waals surface area contributed by atoms with E-state index in [9.17, 15) is 26.4 Å². The molecule has 1 aromatic rings. The molecule has 19 heavy (non-hydrogen) atoms. The lowest BCUT2D eigenvalue weighted by molar-refractivity contribution is -0.140. The van der Waals surface area contributed by atoms with Crippen LogP contribution in [0.25, 0.3) is 0 Å². The third kappa shape index (κ3) is 3.95. The average Bonchev–Trinajstić information content (AvgIpc) is 2.27. The van der Waals surface area contributed by atoms with Crippen LogP contribution in [0.5, 0.6) is 0 Å². The average molecular weight is 296 g/mol. The Kier molecular flexibility index (Phi) is 4.24. The van der Waals surface area contributed by atoms with Crippen LogP contribution in [-0.4, -0.2) is 25.2 Å². The highest BCUT2D eigenvalue weighted by atomic mass is 32.2. The lowest BCUT2D eigenvalue weighted by Crippen LogP contribution is -2.21. The SMILES string of the molecule is CC(CS(=O)(=O)c1cccc(C(F)(F)F)c1)C(=O)O. The Morgan fingerprint density at radius 3 is 2.42 bits per heavy atom. The summed E-state index contributed by atoms with van der Waals surface area (Å²) < 4.78 is 61.0. The Labute approximate surface area is 107 Å². The predicted octanol–water partition coefficient (Wildman–Crippen LogP) is 2.20. The molecule has 0 radical (unpaired) electrons. The van der Waals surface area contributed by atoms with E-state index in [2.05, 4.69) is 0 Å². The number of rotatable bonds is 4. The van der Waals surface area contributed by atoms with Crippen LogP contribution in [0.15, 0.2) is 29.2 Å². The third-order valence-electron chi connectivity index (χ3n) is 2.41. The predicted molar refractivity (Wildman–Crippen MR) is 60.3 cm³/mol. The Bertz CT molecular complexity index is 578. The fourth-order valence-corrected chi connectivity index (χ4v) is 2.95. The van der Waals surface area contributed by atoms with E-state index in [1.807, 2.05) is 0 Å². The maximum Gasteiger partial charge on any atom is 0.416 e. The van der Waals surface area contributed by atoms with Gasteiger partial charge in [0.05, 0.1) is 22.1 Å². The fourth-order valence-electron chi connectivity index (χ4n) is 1.36. The summed E-state index contributed by atoms with van der Waals surface area (Å²) in [7, 11) is -4.07. The molecule has 1 aromatic carbocycles. The molecule has 8 heteroatoms. The van der Waals surface area contributed by atoms with Gasteiger partial charge in [0.1, 0.15) is 0 Å². The number of hydrogen-bond acceptors (Lipinski definition) is 3. The minimum Gasteiger partial charge on any atom is -0.481 e. The first kappa shape index (κ1) is 15.5. The lowest BCUT2D eigenvalue weighted by atomic mass is 10.2. The topological polar surface area (TPSA) is 71.4 Å². The normalized spacial score (nSPS) is 14.1. The van der Waals surface area contributed by atoms with Gasteiger partial charge < -0.3 is 5.11 Å². The molecule has 0 aliphatic carbocycles. The highest BCUT2D eigenvalue weighted by Gasteiger charge is 2.32. The van der Waals surface area contributed by atoms with Gasteiger partial charge in [-0.3, -0.25) is 4.79 Å². The van der Waals surface area contributed by atoms with E-state index in [1.165, 1.54) is 6.92 Å². The standard InChI is InChI=1S/C11H11F3O4S/c1-7(10(15)16)6-19(17,18)9-4-2-3-8(5-9)11(12,13)14/h2-5,7H,6H2,1H3,(H,15,16). The van der Waals surface area contributed by atoms with E-state index in [0.29, 0.717) is 6.07 Å². The number of alkyl halides is 3. The van der Waals surface area contributed by atoms with Crippen LogP contribution in [0.2, 0.25) is 0 Å². The first-order valence-corrected chi connectivity index (χ1v) is 6.82. The Hall–Kier alpha value is -1.57. The first-order valence-electron chi connectivity index (χ1n) is 5.17. The van der Waals surface area contributed by atoms with E-state index in [1.54, 1.807) is 0 Å². The number of benzene rings is 1. The second-order valence-corrected chi connectivity index (χ2v) is 6.08. The van der Waals surface area contributed by atoms with Gasteiger partial charge in [-0.2, -0.15) is 13.2 Å². The zero-order chi connectivity index (χ0) is 14.8.